The van der Waals surface area contributed by atoms with E-state index < -0.39 is 12.1 Å². The molecule has 0 fully saturated rings. The van der Waals surface area contributed by atoms with Crippen LogP contribution in [-0.4, -0.2) is 18.7 Å². The highest BCUT2D eigenvalue weighted by molar-refractivity contribution is 5.86. The van der Waals surface area contributed by atoms with Crippen molar-refractivity contribution in [2.45, 2.75) is 39.7 Å². The van der Waals surface area contributed by atoms with E-state index in [0.717, 1.165) is 17.4 Å². The summed E-state index contributed by atoms with van der Waals surface area (Å²) < 4.78 is 22.5. The first-order valence-electron chi connectivity index (χ1n) is 10.4. The normalized spacial score (nSPS) is 12.2. The molecule has 6 heteroatoms. The van der Waals surface area contributed by atoms with E-state index in [4.69, 9.17) is 18.3 Å². The highest BCUT2D eigenvalue weighted by Gasteiger charge is 2.20. The Morgan fingerprint density at radius 1 is 1.10 bits per heavy atom. The lowest BCUT2D eigenvalue weighted by Crippen LogP contribution is -2.26. The summed E-state index contributed by atoms with van der Waals surface area (Å²) in [6.07, 6.45) is 2.18. The minimum absolute atomic E-state index is 0.178. The van der Waals surface area contributed by atoms with Crippen molar-refractivity contribution in [1.82, 2.24) is 0 Å². The molecule has 0 aliphatic carbocycles. The van der Waals surface area contributed by atoms with E-state index in [-0.39, 0.29) is 12.0 Å². The van der Waals surface area contributed by atoms with Crippen molar-refractivity contribution in [2.24, 2.45) is 0 Å². The van der Waals surface area contributed by atoms with Crippen LogP contribution in [0.25, 0.3) is 33.3 Å². The highest BCUT2D eigenvalue weighted by Crippen LogP contribution is 2.30. The second kappa shape index (κ2) is 8.68. The van der Waals surface area contributed by atoms with E-state index in [1.165, 1.54) is 6.26 Å². The van der Waals surface area contributed by atoms with Crippen molar-refractivity contribution in [1.29, 1.82) is 0 Å². The first kappa shape index (κ1) is 20.7. The van der Waals surface area contributed by atoms with Gasteiger partial charge in [0.2, 0.25) is 5.43 Å². The number of benzene rings is 2. The van der Waals surface area contributed by atoms with Gasteiger partial charge in [-0.25, -0.2) is 4.79 Å². The SMILES string of the molecule is CCCc1cc2c(=O)c(-c3cc4ccccc4o3)coc2cc1O[C@H](C)C(=O)OCC. The van der Waals surface area contributed by atoms with Crippen LogP contribution in [0.2, 0.25) is 0 Å². The van der Waals surface area contributed by atoms with Crippen LogP contribution < -0.4 is 10.2 Å². The molecule has 0 amide bonds. The summed E-state index contributed by atoms with van der Waals surface area (Å²) in [5.41, 5.74) is 2.11. The summed E-state index contributed by atoms with van der Waals surface area (Å²) in [5.74, 6) is 0.534. The Hall–Kier alpha value is -3.54. The molecule has 0 saturated carbocycles. The number of aryl methyl sites for hydroxylation is 1. The molecule has 0 aliphatic rings. The lowest BCUT2D eigenvalue weighted by Gasteiger charge is -2.17. The second-order valence-electron chi connectivity index (χ2n) is 7.35. The minimum Gasteiger partial charge on any atom is -0.479 e. The molecule has 31 heavy (non-hydrogen) atoms. The van der Waals surface area contributed by atoms with Crippen molar-refractivity contribution in [3.63, 3.8) is 0 Å². The molecule has 0 radical (unpaired) electrons. The molecule has 2 aromatic heterocycles. The Morgan fingerprint density at radius 2 is 1.90 bits per heavy atom. The maximum absolute atomic E-state index is 13.3. The number of furan rings is 1. The zero-order chi connectivity index (χ0) is 22.0. The Bertz CT molecular complexity index is 1260. The molecular formula is C25H24O6. The van der Waals surface area contributed by atoms with Crippen LogP contribution in [0.15, 0.2) is 62.4 Å². The van der Waals surface area contributed by atoms with Gasteiger partial charge in [-0.3, -0.25) is 4.79 Å². The number of hydrogen-bond acceptors (Lipinski definition) is 6. The molecular weight excluding hydrogens is 396 g/mol. The van der Waals surface area contributed by atoms with Crippen molar-refractivity contribution in [2.75, 3.05) is 6.61 Å². The van der Waals surface area contributed by atoms with E-state index in [1.54, 1.807) is 26.0 Å². The van der Waals surface area contributed by atoms with Crippen molar-refractivity contribution in [3.8, 4) is 17.1 Å². The molecule has 4 rings (SSSR count). The van der Waals surface area contributed by atoms with Crippen molar-refractivity contribution < 1.29 is 23.1 Å². The maximum atomic E-state index is 13.3. The third-order valence-corrected chi connectivity index (χ3v) is 5.09. The Morgan fingerprint density at radius 3 is 2.65 bits per heavy atom. The van der Waals surface area contributed by atoms with Gasteiger partial charge in [-0.1, -0.05) is 31.5 Å². The van der Waals surface area contributed by atoms with Crippen LogP contribution in [-0.2, 0) is 16.0 Å². The number of carbonyl (C=O) groups excluding carboxylic acids is 1. The Labute approximate surface area is 179 Å². The van der Waals surface area contributed by atoms with Crippen molar-refractivity contribution >= 4 is 27.9 Å². The van der Waals surface area contributed by atoms with Gasteiger partial charge in [-0.05, 0) is 44.0 Å². The summed E-state index contributed by atoms with van der Waals surface area (Å²) in [5, 5.41) is 1.36. The van der Waals surface area contributed by atoms with Crippen LogP contribution in [0, 0.1) is 0 Å². The van der Waals surface area contributed by atoms with Crippen LogP contribution in [0.4, 0.5) is 0 Å². The predicted octanol–water partition coefficient (Wildman–Crippen LogP) is 5.49. The fraction of sp³-hybridized carbons (Fsp3) is 0.280. The van der Waals surface area contributed by atoms with Crippen molar-refractivity contribution in [3.05, 3.63) is 64.5 Å². The van der Waals surface area contributed by atoms with Crippen LogP contribution in [0.3, 0.4) is 0 Å². The summed E-state index contributed by atoms with van der Waals surface area (Å²) in [4.78, 5) is 25.2. The third-order valence-electron chi connectivity index (χ3n) is 5.09. The highest BCUT2D eigenvalue weighted by atomic mass is 16.6. The molecule has 2 aromatic carbocycles. The van der Waals surface area contributed by atoms with E-state index in [1.807, 2.05) is 37.3 Å². The van der Waals surface area contributed by atoms with E-state index in [9.17, 15) is 9.59 Å². The molecule has 1 atom stereocenters. The van der Waals surface area contributed by atoms with E-state index in [0.29, 0.717) is 40.0 Å². The van der Waals surface area contributed by atoms with Gasteiger partial charge in [-0.2, -0.15) is 0 Å². The van der Waals surface area contributed by atoms with Gasteiger partial charge in [0.05, 0.1) is 12.0 Å². The molecule has 0 saturated heterocycles. The van der Waals surface area contributed by atoms with Gasteiger partial charge < -0.3 is 18.3 Å². The largest absolute Gasteiger partial charge is 0.479 e. The van der Waals surface area contributed by atoms with Crippen LogP contribution in [0.5, 0.6) is 5.75 Å². The summed E-state index contributed by atoms with van der Waals surface area (Å²) >= 11 is 0. The maximum Gasteiger partial charge on any atom is 0.347 e. The number of rotatable bonds is 7. The summed E-state index contributed by atoms with van der Waals surface area (Å²) in [6, 6.07) is 12.9. The lowest BCUT2D eigenvalue weighted by atomic mass is 10.0. The molecule has 2 heterocycles. The number of carbonyl (C=O) groups is 1. The fourth-order valence-corrected chi connectivity index (χ4v) is 3.56. The van der Waals surface area contributed by atoms with Gasteiger partial charge in [0.15, 0.2) is 6.10 Å². The lowest BCUT2D eigenvalue weighted by molar-refractivity contribution is -0.150. The number of fused-ring (bicyclic) bond motifs is 2. The van der Waals surface area contributed by atoms with Gasteiger partial charge in [0, 0.05) is 11.5 Å². The molecule has 4 aromatic rings. The van der Waals surface area contributed by atoms with Crippen LogP contribution in [0.1, 0.15) is 32.8 Å². The molecule has 0 aliphatic heterocycles. The second-order valence-corrected chi connectivity index (χ2v) is 7.35. The molecule has 160 valence electrons. The average Bonchev–Trinajstić information content (AvgIpc) is 3.19. The predicted molar refractivity (Wildman–Crippen MR) is 118 cm³/mol. The molecule has 0 spiro atoms. The summed E-state index contributed by atoms with van der Waals surface area (Å²) in [6.45, 7) is 5.71. The minimum atomic E-state index is -0.769. The summed E-state index contributed by atoms with van der Waals surface area (Å²) in [7, 11) is 0. The van der Waals surface area contributed by atoms with Crippen LogP contribution >= 0.6 is 0 Å². The van der Waals surface area contributed by atoms with E-state index >= 15 is 0 Å². The molecule has 6 nitrogen and oxygen atoms in total. The third kappa shape index (κ3) is 4.06. The Balaban J connectivity index is 1.78. The molecule has 0 N–H and O–H groups in total. The smallest absolute Gasteiger partial charge is 0.347 e. The first-order valence-corrected chi connectivity index (χ1v) is 10.4. The van der Waals surface area contributed by atoms with Gasteiger partial charge in [-0.15, -0.1) is 0 Å². The quantitative estimate of drug-likeness (QED) is 0.368. The first-order chi connectivity index (χ1) is 15.0. The number of para-hydroxylation sites is 1. The average molecular weight is 420 g/mol. The van der Waals surface area contributed by atoms with Gasteiger partial charge in [0.1, 0.15) is 34.5 Å². The topological polar surface area (TPSA) is 78.9 Å². The van der Waals surface area contributed by atoms with Gasteiger partial charge in [0.25, 0.3) is 0 Å². The number of esters is 1. The zero-order valence-electron chi connectivity index (χ0n) is 17.8. The fourth-order valence-electron chi connectivity index (χ4n) is 3.56. The monoisotopic (exact) mass is 420 g/mol. The number of hydrogen-bond donors (Lipinski definition) is 0. The number of ether oxygens (including phenoxy) is 2. The molecule has 0 unspecified atom stereocenters. The standard InChI is InChI=1S/C25H24O6/c1-4-8-16-11-18-22(13-21(16)30-15(3)25(27)28-5-2)29-14-19(24(18)26)23-12-17-9-6-7-10-20(17)31-23/h6-7,9-15H,4-5,8H2,1-3H3/t15-/m1/s1. The molecule has 0 bridgehead atoms. The van der Waals surface area contributed by atoms with Gasteiger partial charge >= 0.3 is 5.97 Å². The Kier molecular flexibility index (Phi) is 5.80. The zero-order valence-corrected chi connectivity index (χ0v) is 17.8. The van der Waals surface area contributed by atoms with E-state index in [2.05, 4.69) is 0 Å².